The number of carboxylic acid groups (broad SMARTS) is 1. The minimum atomic E-state index is -1.04. The van der Waals surface area contributed by atoms with Gasteiger partial charge in [0.25, 0.3) is 11.8 Å². The number of methoxy groups -OCH3 is 3. The monoisotopic (exact) mass is 610 g/mol. The highest BCUT2D eigenvalue weighted by Gasteiger charge is 2.24. The predicted molar refractivity (Wildman–Crippen MR) is 162 cm³/mol. The third-order valence-electron chi connectivity index (χ3n) is 6.99. The summed E-state index contributed by atoms with van der Waals surface area (Å²) in [5.41, 5.74) is 1.59. The molecule has 0 spiro atoms. The van der Waals surface area contributed by atoms with Gasteiger partial charge in [-0.3, -0.25) is 14.4 Å². The predicted octanol–water partition coefficient (Wildman–Crippen LogP) is 4.24. The molecule has 4 rings (SSSR count). The molecular formula is C30H34N4O8S. The first-order valence-corrected chi connectivity index (χ1v) is 14.4. The molecule has 12 nitrogen and oxygen atoms in total. The van der Waals surface area contributed by atoms with Crippen molar-refractivity contribution in [1.82, 2.24) is 10.2 Å². The van der Waals surface area contributed by atoms with E-state index in [4.69, 9.17) is 14.2 Å². The zero-order chi connectivity index (χ0) is 30.9. The third-order valence-corrected chi connectivity index (χ3v) is 7.98. The molecule has 1 atom stereocenters. The molecule has 0 radical (unpaired) electrons. The minimum Gasteiger partial charge on any atom is -0.493 e. The van der Waals surface area contributed by atoms with E-state index in [0.717, 1.165) is 0 Å². The summed E-state index contributed by atoms with van der Waals surface area (Å²) < 4.78 is 15.5. The number of thiophene rings is 1. The first kappa shape index (κ1) is 31.2. The minimum absolute atomic E-state index is 0.240. The van der Waals surface area contributed by atoms with Crippen LogP contribution in [-0.2, 0) is 9.53 Å². The molecule has 1 saturated heterocycles. The zero-order valence-electron chi connectivity index (χ0n) is 24.1. The molecule has 3 amide bonds. The lowest BCUT2D eigenvalue weighted by Crippen LogP contribution is -2.35. The molecular weight excluding hydrogens is 576 g/mol. The number of carbonyl (C=O) groups is 4. The fourth-order valence-electron chi connectivity index (χ4n) is 4.82. The van der Waals surface area contributed by atoms with Crippen molar-refractivity contribution in [2.45, 2.75) is 18.9 Å². The van der Waals surface area contributed by atoms with Crippen LogP contribution in [0.5, 0.6) is 11.5 Å². The highest BCUT2D eigenvalue weighted by atomic mass is 32.1. The van der Waals surface area contributed by atoms with Gasteiger partial charge in [0.05, 0.1) is 45.2 Å². The Morgan fingerprint density at radius 1 is 0.907 bits per heavy atom. The number of nitrogens with zero attached hydrogens (tertiary/aromatic N) is 2. The van der Waals surface area contributed by atoms with Crippen LogP contribution < -0.4 is 25.0 Å². The molecule has 13 heteroatoms. The second kappa shape index (κ2) is 14.4. The van der Waals surface area contributed by atoms with Gasteiger partial charge in [-0.1, -0.05) is 6.07 Å². The summed E-state index contributed by atoms with van der Waals surface area (Å²) in [5.74, 6) is -1.11. The van der Waals surface area contributed by atoms with Crippen LogP contribution in [-0.4, -0.2) is 81.4 Å². The van der Waals surface area contributed by atoms with Crippen LogP contribution in [0.15, 0.2) is 53.9 Å². The molecule has 43 heavy (non-hydrogen) atoms. The van der Waals surface area contributed by atoms with Crippen molar-refractivity contribution in [3.63, 3.8) is 0 Å². The second-order valence-electron chi connectivity index (χ2n) is 9.69. The lowest BCUT2D eigenvalue weighted by atomic mass is 10.1. The topological polar surface area (TPSA) is 147 Å². The number of benzene rings is 2. The van der Waals surface area contributed by atoms with Crippen LogP contribution in [0.4, 0.5) is 16.2 Å². The number of rotatable bonds is 10. The van der Waals surface area contributed by atoms with E-state index < -0.39 is 29.9 Å². The number of aliphatic carboxylic acids is 1. The van der Waals surface area contributed by atoms with E-state index in [9.17, 15) is 24.3 Å². The summed E-state index contributed by atoms with van der Waals surface area (Å²) in [4.78, 5) is 54.8. The average molecular weight is 611 g/mol. The third kappa shape index (κ3) is 7.74. The number of hydrogen-bond donors (Lipinski definition) is 3. The molecule has 3 N–H and O–H groups in total. The van der Waals surface area contributed by atoms with Crippen molar-refractivity contribution < 1.29 is 38.5 Å². The molecule has 0 bridgehead atoms. The highest BCUT2D eigenvalue weighted by molar-refractivity contribution is 7.10. The van der Waals surface area contributed by atoms with Crippen LogP contribution in [0, 0.1) is 0 Å². The van der Waals surface area contributed by atoms with Gasteiger partial charge >= 0.3 is 12.1 Å². The number of carboxylic acids is 1. The fourth-order valence-corrected chi connectivity index (χ4v) is 5.60. The number of anilines is 2. The van der Waals surface area contributed by atoms with Crippen LogP contribution >= 0.6 is 11.3 Å². The lowest BCUT2D eigenvalue weighted by Gasteiger charge is -2.26. The van der Waals surface area contributed by atoms with E-state index >= 15 is 0 Å². The van der Waals surface area contributed by atoms with Crippen molar-refractivity contribution in [2.24, 2.45) is 0 Å². The van der Waals surface area contributed by atoms with E-state index in [1.165, 1.54) is 32.7 Å². The smallest absolute Gasteiger partial charge is 0.409 e. The Bertz CT molecular complexity index is 1460. The molecule has 0 aliphatic carbocycles. The Labute approximate surface area is 253 Å². The first-order valence-electron chi connectivity index (χ1n) is 13.5. The number of carbonyl (C=O) groups excluding carboxylic acids is 3. The van der Waals surface area contributed by atoms with Crippen molar-refractivity contribution in [1.29, 1.82) is 0 Å². The molecule has 1 fully saturated rings. The lowest BCUT2D eigenvalue weighted by molar-refractivity contribution is -0.137. The molecule has 1 aliphatic heterocycles. The fraction of sp³-hybridized carbons (Fsp3) is 0.333. The SMILES string of the molecule is COC(=O)N1CCCN(c2ccc(C(=O)NC(CC(=O)O)c3cccs3)cc2NC(=O)c2ccc(OC)c(OC)c2)CC1. The van der Waals surface area contributed by atoms with E-state index in [2.05, 4.69) is 10.6 Å². The van der Waals surface area contributed by atoms with Crippen LogP contribution in [0.3, 0.4) is 0 Å². The summed E-state index contributed by atoms with van der Waals surface area (Å²) in [6.07, 6.45) is -0.0204. The van der Waals surface area contributed by atoms with Crippen molar-refractivity contribution in [3.8, 4) is 11.5 Å². The van der Waals surface area contributed by atoms with E-state index in [1.807, 2.05) is 10.3 Å². The van der Waals surface area contributed by atoms with Gasteiger partial charge in [-0.05, 0) is 54.3 Å². The normalized spacial score (nSPS) is 13.8. The molecule has 0 saturated carbocycles. The quantitative estimate of drug-likeness (QED) is 0.307. The summed E-state index contributed by atoms with van der Waals surface area (Å²) in [6, 6.07) is 12.6. The maximum atomic E-state index is 13.4. The molecule has 1 unspecified atom stereocenters. The Morgan fingerprint density at radius 3 is 2.33 bits per heavy atom. The molecule has 2 heterocycles. The second-order valence-corrected chi connectivity index (χ2v) is 10.7. The Morgan fingerprint density at radius 2 is 1.65 bits per heavy atom. The van der Waals surface area contributed by atoms with Crippen LogP contribution in [0.25, 0.3) is 0 Å². The first-order chi connectivity index (χ1) is 20.7. The van der Waals surface area contributed by atoms with E-state index in [0.29, 0.717) is 65.9 Å². The summed E-state index contributed by atoms with van der Waals surface area (Å²) >= 11 is 1.35. The highest BCUT2D eigenvalue weighted by Crippen LogP contribution is 2.32. The van der Waals surface area contributed by atoms with E-state index in [-0.39, 0.29) is 12.0 Å². The van der Waals surface area contributed by atoms with Crippen molar-refractivity contribution in [3.05, 3.63) is 69.9 Å². The van der Waals surface area contributed by atoms with Crippen LogP contribution in [0.1, 0.15) is 44.5 Å². The number of amides is 3. The Hall–Kier alpha value is -4.78. The molecule has 1 aliphatic rings. The zero-order valence-corrected chi connectivity index (χ0v) is 24.9. The maximum Gasteiger partial charge on any atom is 0.409 e. The van der Waals surface area contributed by atoms with Gasteiger partial charge in [0, 0.05) is 42.2 Å². The molecule has 228 valence electrons. The molecule has 3 aromatic rings. The summed E-state index contributed by atoms with van der Waals surface area (Å²) in [7, 11) is 4.32. The van der Waals surface area contributed by atoms with Gasteiger partial charge in [-0.25, -0.2) is 4.79 Å². The van der Waals surface area contributed by atoms with Gasteiger partial charge in [0.1, 0.15) is 0 Å². The van der Waals surface area contributed by atoms with Crippen LogP contribution in [0.2, 0.25) is 0 Å². The van der Waals surface area contributed by atoms with Crippen molar-refractivity contribution >= 4 is 46.6 Å². The molecule has 2 aromatic carbocycles. The van der Waals surface area contributed by atoms with Gasteiger partial charge < -0.3 is 39.8 Å². The Kier molecular flexibility index (Phi) is 10.4. The van der Waals surface area contributed by atoms with Crippen molar-refractivity contribution in [2.75, 3.05) is 57.7 Å². The van der Waals surface area contributed by atoms with Gasteiger partial charge in [0.15, 0.2) is 11.5 Å². The number of hydrogen-bond acceptors (Lipinski definition) is 9. The van der Waals surface area contributed by atoms with Gasteiger partial charge in [-0.15, -0.1) is 11.3 Å². The summed E-state index contributed by atoms with van der Waals surface area (Å²) in [5, 5.41) is 17.0. The standard InChI is InChI=1S/C30H34N4O8S/c1-40-24-10-8-20(17-25(24)41-2)29(38)31-21-16-19(28(37)32-22(18-27(35)36)26-6-4-15-43-26)7-9-23(21)33-11-5-12-34(14-13-33)30(39)42-3/h4,6-10,15-17,22H,5,11-14,18H2,1-3H3,(H,31,38)(H,32,37)(H,35,36). The Balaban J connectivity index is 1.65. The van der Waals surface area contributed by atoms with Gasteiger partial charge in [-0.2, -0.15) is 0 Å². The van der Waals surface area contributed by atoms with E-state index in [1.54, 1.807) is 53.4 Å². The average Bonchev–Trinajstić information content (AvgIpc) is 3.44. The number of ether oxygens (including phenoxy) is 3. The van der Waals surface area contributed by atoms with Gasteiger partial charge in [0.2, 0.25) is 0 Å². The molecule has 1 aromatic heterocycles. The largest absolute Gasteiger partial charge is 0.493 e. The summed E-state index contributed by atoms with van der Waals surface area (Å²) in [6.45, 7) is 2.00. The number of nitrogens with one attached hydrogen (secondary N) is 2. The maximum absolute atomic E-state index is 13.4.